The number of rotatable bonds is 5. The van der Waals surface area contributed by atoms with Crippen LogP contribution in [-0.2, 0) is 13.0 Å². The summed E-state index contributed by atoms with van der Waals surface area (Å²) in [6.45, 7) is 2.55. The van der Waals surface area contributed by atoms with Crippen LogP contribution in [0.3, 0.4) is 0 Å². The topological polar surface area (TPSA) is 55.1 Å². The summed E-state index contributed by atoms with van der Waals surface area (Å²) in [6.07, 6.45) is 4.94. The number of benzene rings is 1. The van der Waals surface area contributed by atoms with Crippen LogP contribution in [0.1, 0.15) is 19.0 Å². The number of aliphatic hydroxyl groups is 1. The van der Waals surface area contributed by atoms with Gasteiger partial charge in [-0.3, -0.25) is 4.79 Å². The fraction of sp³-hybridized carbons (Fsp3) is 0.333. The molecule has 0 aliphatic carbocycles. The van der Waals surface area contributed by atoms with Gasteiger partial charge in [0.1, 0.15) is 5.69 Å². The first-order valence-electron chi connectivity index (χ1n) is 6.48. The van der Waals surface area contributed by atoms with Crippen molar-refractivity contribution in [3.63, 3.8) is 0 Å². The summed E-state index contributed by atoms with van der Waals surface area (Å²) in [6, 6.07) is 7.63. The van der Waals surface area contributed by atoms with E-state index in [2.05, 4.69) is 4.98 Å². The van der Waals surface area contributed by atoms with Gasteiger partial charge in [-0.15, -0.1) is 0 Å². The molecule has 0 aliphatic rings. The number of hydrogen-bond donors (Lipinski definition) is 1. The molecule has 1 aromatic carbocycles. The molecule has 0 spiro atoms. The molecule has 1 N–H and O–H groups in total. The third-order valence-corrected chi connectivity index (χ3v) is 3.02. The number of aromatic nitrogens is 2. The average Bonchev–Trinajstić information content (AvgIpc) is 2.44. The van der Waals surface area contributed by atoms with E-state index in [9.17, 15) is 4.79 Å². The first-order valence-corrected chi connectivity index (χ1v) is 6.48. The van der Waals surface area contributed by atoms with Crippen molar-refractivity contribution in [2.24, 2.45) is 0 Å². The van der Waals surface area contributed by atoms with E-state index in [4.69, 9.17) is 5.11 Å². The quantitative estimate of drug-likeness (QED) is 0.833. The molecule has 2 aromatic rings. The van der Waals surface area contributed by atoms with Crippen LogP contribution in [0.2, 0.25) is 0 Å². The third kappa shape index (κ3) is 2.90. The zero-order valence-electron chi connectivity index (χ0n) is 11.0. The number of para-hydroxylation sites is 2. The molecule has 0 unspecified atom stereocenters. The summed E-state index contributed by atoms with van der Waals surface area (Å²) in [5.74, 6) is 0. The van der Waals surface area contributed by atoms with Gasteiger partial charge < -0.3 is 9.67 Å². The van der Waals surface area contributed by atoms with Crippen molar-refractivity contribution in [2.75, 3.05) is 6.61 Å². The van der Waals surface area contributed by atoms with E-state index in [-0.39, 0.29) is 12.2 Å². The minimum absolute atomic E-state index is 0.0646. The van der Waals surface area contributed by atoms with Gasteiger partial charge in [0.15, 0.2) is 0 Å². The summed E-state index contributed by atoms with van der Waals surface area (Å²) >= 11 is 0. The van der Waals surface area contributed by atoms with Gasteiger partial charge in [-0.1, -0.05) is 24.3 Å². The predicted molar refractivity (Wildman–Crippen MR) is 76.2 cm³/mol. The predicted octanol–water partition coefficient (Wildman–Crippen LogP) is 1.90. The summed E-state index contributed by atoms with van der Waals surface area (Å²) in [4.78, 5) is 16.8. The van der Waals surface area contributed by atoms with Gasteiger partial charge in [0.05, 0.1) is 11.0 Å². The zero-order chi connectivity index (χ0) is 13.7. The number of hydrogen-bond acceptors (Lipinski definition) is 3. The number of fused-ring (bicyclic) bond motifs is 1. The Morgan fingerprint density at radius 3 is 2.89 bits per heavy atom. The summed E-state index contributed by atoms with van der Waals surface area (Å²) in [5, 5.41) is 8.89. The van der Waals surface area contributed by atoms with Crippen LogP contribution in [0, 0.1) is 0 Å². The zero-order valence-corrected chi connectivity index (χ0v) is 11.0. The van der Waals surface area contributed by atoms with Crippen LogP contribution in [0.4, 0.5) is 0 Å². The Balaban J connectivity index is 2.59. The van der Waals surface area contributed by atoms with E-state index in [1.807, 2.05) is 43.3 Å². The molecule has 0 fully saturated rings. The van der Waals surface area contributed by atoms with E-state index in [1.165, 1.54) is 0 Å². The molecule has 0 aliphatic heterocycles. The molecule has 0 atom stereocenters. The third-order valence-electron chi connectivity index (χ3n) is 3.02. The van der Waals surface area contributed by atoms with E-state index in [0.29, 0.717) is 25.1 Å². The molecule has 0 saturated heterocycles. The number of nitrogens with zero attached hydrogens (tertiary/aromatic N) is 2. The van der Waals surface area contributed by atoms with E-state index in [0.717, 1.165) is 11.0 Å². The van der Waals surface area contributed by atoms with Crippen LogP contribution in [0.25, 0.3) is 11.0 Å². The molecule has 0 amide bonds. The smallest absolute Gasteiger partial charge is 0.273 e. The Hall–Kier alpha value is -1.94. The molecule has 0 radical (unpaired) electrons. The minimum atomic E-state index is -0.0646. The van der Waals surface area contributed by atoms with Crippen molar-refractivity contribution in [2.45, 2.75) is 26.3 Å². The normalized spacial score (nSPS) is 11.5. The van der Waals surface area contributed by atoms with Gasteiger partial charge in [-0.2, -0.15) is 0 Å². The number of allylic oxidation sites excluding steroid dienone is 2. The van der Waals surface area contributed by atoms with Gasteiger partial charge in [0.25, 0.3) is 5.56 Å². The Morgan fingerprint density at radius 1 is 1.37 bits per heavy atom. The maximum absolute atomic E-state index is 12.4. The highest BCUT2D eigenvalue weighted by molar-refractivity contribution is 5.74. The van der Waals surface area contributed by atoms with Crippen LogP contribution in [-0.4, -0.2) is 21.3 Å². The molecule has 19 heavy (non-hydrogen) atoms. The molecular formula is C15H18N2O2. The molecule has 1 heterocycles. The highest BCUT2D eigenvalue weighted by Crippen LogP contribution is 2.10. The molecule has 1 aromatic heterocycles. The average molecular weight is 258 g/mol. The van der Waals surface area contributed by atoms with Crippen molar-refractivity contribution in [1.82, 2.24) is 9.55 Å². The van der Waals surface area contributed by atoms with Crippen LogP contribution >= 0.6 is 0 Å². The fourth-order valence-electron chi connectivity index (χ4n) is 2.05. The molecular weight excluding hydrogens is 240 g/mol. The highest BCUT2D eigenvalue weighted by Gasteiger charge is 2.09. The monoisotopic (exact) mass is 258 g/mol. The second kappa shape index (κ2) is 6.29. The summed E-state index contributed by atoms with van der Waals surface area (Å²) in [5.41, 5.74) is 2.13. The second-order valence-electron chi connectivity index (χ2n) is 4.36. The first kappa shape index (κ1) is 13.5. The van der Waals surface area contributed by atoms with Crippen molar-refractivity contribution in [3.05, 3.63) is 52.5 Å². The van der Waals surface area contributed by atoms with E-state index in [1.54, 1.807) is 4.57 Å². The fourth-order valence-corrected chi connectivity index (χ4v) is 2.05. The molecule has 4 heteroatoms. The highest BCUT2D eigenvalue weighted by atomic mass is 16.2. The number of aliphatic hydroxyl groups excluding tert-OH is 1. The van der Waals surface area contributed by atoms with E-state index >= 15 is 0 Å². The lowest BCUT2D eigenvalue weighted by atomic mass is 10.2. The van der Waals surface area contributed by atoms with Crippen LogP contribution in [0.5, 0.6) is 0 Å². The Labute approximate surface area is 112 Å². The molecule has 4 nitrogen and oxygen atoms in total. The standard InChI is InChI=1S/C15H18N2O2/c1-2-3-10-17-14-9-5-4-7-12(14)16-13(15(17)19)8-6-11-18/h2-5,7,9,18H,6,8,10-11H2,1H3/b3-2+. The molecule has 0 bridgehead atoms. The van der Waals surface area contributed by atoms with Crippen molar-refractivity contribution >= 4 is 11.0 Å². The first-order chi connectivity index (χ1) is 9.27. The van der Waals surface area contributed by atoms with Crippen molar-refractivity contribution in [1.29, 1.82) is 0 Å². The van der Waals surface area contributed by atoms with Gasteiger partial charge >= 0.3 is 0 Å². The SMILES string of the molecule is C/C=C/Cn1c(=O)c(CCCO)nc2ccccc21. The minimum Gasteiger partial charge on any atom is -0.396 e. The van der Waals surface area contributed by atoms with Crippen molar-refractivity contribution in [3.8, 4) is 0 Å². The Morgan fingerprint density at radius 2 is 2.16 bits per heavy atom. The lowest BCUT2D eigenvalue weighted by molar-refractivity contribution is 0.288. The Kier molecular flexibility index (Phi) is 4.47. The van der Waals surface area contributed by atoms with Crippen molar-refractivity contribution < 1.29 is 5.11 Å². The molecule has 0 saturated carbocycles. The van der Waals surface area contributed by atoms with Crippen LogP contribution in [0.15, 0.2) is 41.2 Å². The summed E-state index contributed by atoms with van der Waals surface area (Å²) in [7, 11) is 0. The lowest BCUT2D eigenvalue weighted by Crippen LogP contribution is -2.25. The second-order valence-corrected chi connectivity index (χ2v) is 4.36. The molecule has 2 rings (SSSR count). The maximum Gasteiger partial charge on any atom is 0.273 e. The van der Waals surface area contributed by atoms with Gasteiger partial charge in [0, 0.05) is 13.2 Å². The Bertz CT molecular complexity index is 644. The summed E-state index contributed by atoms with van der Waals surface area (Å²) < 4.78 is 1.73. The molecule has 100 valence electrons. The lowest BCUT2D eigenvalue weighted by Gasteiger charge is -2.10. The van der Waals surface area contributed by atoms with Gasteiger partial charge in [-0.05, 0) is 31.9 Å². The van der Waals surface area contributed by atoms with Gasteiger partial charge in [-0.25, -0.2) is 4.98 Å². The largest absolute Gasteiger partial charge is 0.396 e. The van der Waals surface area contributed by atoms with E-state index < -0.39 is 0 Å². The maximum atomic E-state index is 12.4. The van der Waals surface area contributed by atoms with Gasteiger partial charge in [0.2, 0.25) is 0 Å². The number of aryl methyl sites for hydroxylation is 1. The van der Waals surface area contributed by atoms with Crippen LogP contribution < -0.4 is 5.56 Å².